The predicted molar refractivity (Wildman–Crippen MR) is 107 cm³/mol. The molecule has 0 fully saturated rings. The van der Waals surface area contributed by atoms with Gasteiger partial charge in [-0.25, -0.2) is 13.3 Å². The van der Waals surface area contributed by atoms with Gasteiger partial charge < -0.3 is 0 Å². The number of sulfone groups is 1. The topological polar surface area (TPSA) is 38.5 Å². The zero-order valence-electron chi connectivity index (χ0n) is 16.3. The SMILES string of the molecule is [C-]#[N+]/C(=C(C)/C=C/C1=C(C)CCCC1(C)C)S(=O)(=O)c1ccc(C)cc1. The average molecular weight is 370 g/mol. The fourth-order valence-electron chi connectivity index (χ4n) is 3.48. The number of rotatable bonds is 4. The monoisotopic (exact) mass is 369 g/mol. The summed E-state index contributed by atoms with van der Waals surface area (Å²) >= 11 is 0. The van der Waals surface area contributed by atoms with Gasteiger partial charge in [0.05, 0.1) is 11.5 Å². The van der Waals surface area contributed by atoms with Gasteiger partial charge in [0.2, 0.25) is 9.84 Å². The van der Waals surface area contributed by atoms with Crippen molar-refractivity contribution in [3.63, 3.8) is 0 Å². The molecule has 0 atom stereocenters. The third kappa shape index (κ3) is 4.16. The third-order valence-corrected chi connectivity index (χ3v) is 6.88. The van der Waals surface area contributed by atoms with Crippen LogP contribution in [0.3, 0.4) is 0 Å². The van der Waals surface area contributed by atoms with Gasteiger partial charge in [-0.15, -0.1) is 0 Å². The molecule has 1 aliphatic rings. The summed E-state index contributed by atoms with van der Waals surface area (Å²) < 4.78 is 25.7. The Labute approximate surface area is 157 Å². The molecule has 0 N–H and O–H groups in total. The highest BCUT2D eigenvalue weighted by Gasteiger charge is 2.27. The molecule has 3 nitrogen and oxygen atoms in total. The largest absolute Gasteiger partial charge is 0.285 e. The van der Waals surface area contributed by atoms with Gasteiger partial charge in [-0.3, -0.25) is 0 Å². The lowest BCUT2D eigenvalue weighted by molar-refractivity contribution is 0.377. The van der Waals surface area contributed by atoms with Gasteiger partial charge >= 0.3 is 0 Å². The first kappa shape index (κ1) is 20.2. The molecule has 1 aliphatic carbocycles. The van der Waals surface area contributed by atoms with Crippen molar-refractivity contribution in [3.05, 3.63) is 75.1 Å². The highest BCUT2D eigenvalue weighted by Crippen LogP contribution is 2.41. The number of aryl methyl sites for hydroxylation is 1. The van der Waals surface area contributed by atoms with E-state index in [-0.39, 0.29) is 15.3 Å². The Morgan fingerprint density at radius 3 is 2.35 bits per heavy atom. The van der Waals surface area contributed by atoms with E-state index in [0.29, 0.717) is 5.57 Å². The number of benzene rings is 1. The van der Waals surface area contributed by atoms with Crippen LogP contribution in [0.15, 0.2) is 63.1 Å². The summed E-state index contributed by atoms with van der Waals surface area (Å²) in [6.45, 7) is 17.6. The molecule has 1 aromatic carbocycles. The standard InChI is InChI=1S/C22H27NO2S/c1-16-9-12-19(13-10-16)26(24,25)21(23-6)18(3)11-14-20-17(2)8-7-15-22(20,4)5/h9-14H,7-8,15H2,1-5H3/b14-11+,21-18-. The van der Waals surface area contributed by atoms with Crippen LogP contribution in [0, 0.1) is 18.9 Å². The lowest BCUT2D eigenvalue weighted by Gasteiger charge is -2.33. The van der Waals surface area contributed by atoms with E-state index in [4.69, 9.17) is 6.57 Å². The molecule has 0 aliphatic heterocycles. The Morgan fingerprint density at radius 2 is 1.81 bits per heavy atom. The van der Waals surface area contributed by atoms with Crippen LogP contribution in [0.2, 0.25) is 0 Å². The fourth-order valence-corrected chi connectivity index (χ4v) is 4.81. The minimum atomic E-state index is -3.80. The molecule has 0 spiro atoms. The van der Waals surface area contributed by atoms with Gasteiger partial charge in [-0.2, -0.15) is 0 Å². The van der Waals surface area contributed by atoms with Crippen molar-refractivity contribution in [2.24, 2.45) is 5.41 Å². The fraction of sp³-hybridized carbons (Fsp3) is 0.409. The molecular formula is C22H27NO2S. The van der Waals surface area contributed by atoms with E-state index in [1.807, 2.05) is 13.0 Å². The summed E-state index contributed by atoms with van der Waals surface area (Å²) in [5, 5.41) is -0.204. The van der Waals surface area contributed by atoms with Crippen LogP contribution in [0.5, 0.6) is 0 Å². The molecule has 0 unspecified atom stereocenters. The van der Waals surface area contributed by atoms with E-state index in [2.05, 4.69) is 25.6 Å². The Morgan fingerprint density at radius 1 is 1.19 bits per heavy atom. The van der Waals surface area contributed by atoms with Crippen LogP contribution in [0.4, 0.5) is 0 Å². The lowest BCUT2D eigenvalue weighted by atomic mass is 9.72. The minimum Gasteiger partial charge on any atom is -0.230 e. The predicted octanol–water partition coefficient (Wildman–Crippen LogP) is 6.00. The summed E-state index contributed by atoms with van der Waals surface area (Å²) in [7, 11) is -3.80. The van der Waals surface area contributed by atoms with Gasteiger partial charge in [0.15, 0.2) is 0 Å². The van der Waals surface area contributed by atoms with Gasteiger partial charge in [0, 0.05) is 0 Å². The van der Waals surface area contributed by atoms with Crippen LogP contribution < -0.4 is 0 Å². The van der Waals surface area contributed by atoms with E-state index >= 15 is 0 Å². The average Bonchev–Trinajstić information content (AvgIpc) is 2.54. The quantitative estimate of drug-likeness (QED) is 0.482. The summed E-state index contributed by atoms with van der Waals surface area (Å²) in [4.78, 5) is 3.51. The van der Waals surface area contributed by atoms with Crippen LogP contribution in [0.25, 0.3) is 4.85 Å². The van der Waals surface area contributed by atoms with Crippen molar-refractivity contribution in [2.75, 3.05) is 0 Å². The first-order chi connectivity index (χ1) is 12.1. The highest BCUT2D eigenvalue weighted by atomic mass is 32.2. The van der Waals surface area contributed by atoms with Gasteiger partial charge in [-0.1, -0.05) is 49.3 Å². The molecule has 0 radical (unpaired) electrons. The Bertz CT molecular complexity index is 921. The maximum atomic E-state index is 12.8. The molecule has 0 saturated carbocycles. The molecule has 0 amide bonds. The summed E-state index contributed by atoms with van der Waals surface area (Å²) in [6.07, 6.45) is 7.15. The number of hydrogen-bond donors (Lipinski definition) is 0. The zero-order chi connectivity index (χ0) is 19.5. The summed E-state index contributed by atoms with van der Waals surface area (Å²) in [5.41, 5.74) is 4.13. The molecule has 4 heteroatoms. The second-order valence-electron chi connectivity index (χ2n) is 7.68. The van der Waals surface area contributed by atoms with Crippen molar-refractivity contribution >= 4 is 9.84 Å². The molecule has 26 heavy (non-hydrogen) atoms. The number of hydrogen-bond acceptors (Lipinski definition) is 2. The normalized spacial score (nSPS) is 18.6. The van der Waals surface area contributed by atoms with Gasteiger partial charge in [0.1, 0.15) is 0 Å². The molecule has 138 valence electrons. The van der Waals surface area contributed by atoms with Crippen molar-refractivity contribution < 1.29 is 8.42 Å². The molecule has 0 aromatic heterocycles. The minimum absolute atomic E-state index is 0.0766. The Balaban J connectivity index is 2.46. The van der Waals surface area contributed by atoms with Crippen LogP contribution in [-0.2, 0) is 9.84 Å². The highest BCUT2D eigenvalue weighted by molar-refractivity contribution is 7.95. The molecule has 1 aromatic rings. The van der Waals surface area contributed by atoms with E-state index in [0.717, 1.165) is 18.4 Å². The van der Waals surface area contributed by atoms with E-state index in [1.54, 1.807) is 37.3 Å². The first-order valence-corrected chi connectivity index (χ1v) is 10.4. The van der Waals surface area contributed by atoms with Crippen molar-refractivity contribution in [3.8, 4) is 0 Å². The third-order valence-electron chi connectivity index (χ3n) is 5.07. The van der Waals surface area contributed by atoms with E-state index in [9.17, 15) is 8.42 Å². The van der Waals surface area contributed by atoms with Crippen LogP contribution >= 0.6 is 0 Å². The van der Waals surface area contributed by atoms with Crippen LogP contribution in [0.1, 0.15) is 52.5 Å². The van der Waals surface area contributed by atoms with Crippen LogP contribution in [-0.4, -0.2) is 8.42 Å². The second kappa shape index (κ2) is 7.63. The van der Waals surface area contributed by atoms with E-state index in [1.165, 1.54) is 17.6 Å². The lowest BCUT2D eigenvalue weighted by Crippen LogP contribution is -2.19. The molecular weight excluding hydrogens is 342 g/mol. The molecule has 0 bridgehead atoms. The smallest absolute Gasteiger partial charge is 0.230 e. The van der Waals surface area contributed by atoms with Gasteiger partial charge in [-0.05, 0) is 68.7 Å². The number of allylic oxidation sites excluding steroid dienone is 5. The maximum Gasteiger partial charge on any atom is 0.285 e. The summed E-state index contributed by atoms with van der Waals surface area (Å²) in [6, 6.07) is 6.62. The Kier molecular flexibility index (Phi) is 5.93. The first-order valence-electron chi connectivity index (χ1n) is 8.88. The van der Waals surface area contributed by atoms with Gasteiger partial charge in [0.25, 0.3) is 5.03 Å². The molecule has 0 heterocycles. The molecule has 2 rings (SSSR count). The van der Waals surface area contributed by atoms with Crippen molar-refractivity contribution in [1.82, 2.24) is 0 Å². The second-order valence-corrected chi connectivity index (χ2v) is 9.55. The Hall–Kier alpha value is -2.12. The molecule has 0 saturated heterocycles. The zero-order valence-corrected chi connectivity index (χ0v) is 17.1. The van der Waals surface area contributed by atoms with Crippen molar-refractivity contribution in [1.29, 1.82) is 0 Å². The number of nitrogens with zero attached hydrogens (tertiary/aromatic N) is 1. The van der Waals surface area contributed by atoms with Crippen molar-refractivity contribution in [2.45, 2.75) is 58.8 Å². The summed E-state index contributed by atoms with van der Waals surface area (Å²) in [5.74, 6) is 0. The van der Waals surface area contributed by atoms with E-state index < -0.39 is 9.84 Å². The maximum absolute atomic E-state index is 12.8.